The minimum Gasteiger partial charge on any atom is -0.353 e. The van der Waals surface area contributed by atoms with Gasteiger partial charge in [0.2, 0.25) is 11.8 Å². The first-order chi connectivity index (χ1) is 14.7. The third-order valence-corrected chi connectivity index (χ3v) is 6.87. The van der Waals surface area contributed by atoms with Crippen LogP contribution >= 0.6 is 11.8 Å². The number of anilines is 1. The minimum absolute atomic E-state index is 0.111. The number of nitrogens with zero attached hydrogens (tertiary/aromatic N) is 2. The largest absolute Gasteiger partial charge is 0.353 e. The molecule has 2 aromatic rings. The molecule has 6 heteroatoms. The molecule has 0 aromatic heterocycles. The lowest BCUT2D eigenvalue weighted by molar-refractivity contribution is -0.121. The maximum absolute atomic E-state index is 12.4. The predicted octanol–water partition coefficient (Wildman–Crippen LogP) is 3.34. The van der Waals surface area contributed by atoms with Crippen molar-refractivity contribution < 1.29 is 9.59 Å². The lowest BCUT2D eigenvalue weighted by Gasteiger charge is -2.33. The van der Waals surface area contributed by atoms with Crippen LogP contribution in [-0.4, -0.2) is 54.7 Å². The van der Waals surface area contributed by atoms with Crippen LogP contribution in [0, 0.1) is 0 Å². The van der Waals surface area contributed by atoms with Crippen molar-refractivity contribution in [3.63, 3.8) is 0 Å². The van der Waals surface area contributed by atoms with Gasteiger partial charge in [0.05, 0.1) is 17.9 Å². The summed E-state index contributed by atoms with van der Waals surface area (Å²) >= 11 is 1.63. The quantitative estimate of drug-likeness (QED) is 0.742. The summed E-state index contributed by atoms with van der Waals surface area (Å²) in [5.74, 6) is 0.851. The standard InChI is InChI=1S/C24H29N3O2S/c28-23(17-19-7-2-1-3-8-19)25-20-11-15-26(16-12-20)13-6-14-27-21-9-4-5-10-22(21)30-18-24(27)29/h1-5,7-10,20H,6,11-18H2,(H,25,28). The molecule has 2 aliphatic rings. The molecular weight excluding hydrogens is 394 g/mol. The van der Waals surface area contributed by atoms with E-state index in [0.717, 1.165) is 56.7 Å². The number of nitrogens with one attached hydrogen (secondary N) is 1. The number of likely N-dealkylation sites (tertiary alicyclic amines) is 1. The summed E-state index contributed by atoms with van der Waals surface area (Å²) in [6.07, 6.45) is 3.39. The topological polar surface area (TPSA) is 52.7 Å². The maximum atomic E-state index is 12.4. The van der Waals surface area contributed by atoms with Crippen LogP contribution in [0.2, 0.25) is 0 Å². The number of piperidine rings is 1. The van der Waals surface area contributed by atoms with E-state index in [1.54, 1.807) is 11.8 Å². The van der Waals surface area contributed by atoms with Crippen LogP contribution < -0.4 is 10.2 Å². The highest BCUT2D eigenvalue weighted by Gasteiger charge is 2.25. The zero-order valence-electron chi connectivity index (χ0n) is 17.3. The second-order valence-electron chi connectivity index (χ2n) is 8.00. The van der Waals surface area contributed by atoms with Crippen molar-refractivity contribution >= 4 is 29.3 Å². The van der Waals surface area contributed by atoms with Crippen LogP contribution in [0.4, 0.5) is 5.69 Å². The van der Waals surface area contributed by atoms with Gasteiger partial charge in [0, 0.05) is 30.6 Å². The molecule has 2 aliphatic heterocycles. The summed E-state index contributed by atoms with van der Waals surface area (Å²) in [6, 6.07) is 18.3. The molecule has 0 atom stereocenters. The zero-order chi connectivity index (χ0) is 20.8. The first kappa shape index (κ1) is 20.9. The molecule has 158 valence electrons. The fraction of sp³-hybridized carbons (Fsp3) is 0.417. The van der Waals surface area contributed by atoms with Gasteiger partial charge < -0.3 is 15.1 Å². The second kappa shape index (κ2) is 10.1. The molecule has 30 heavy (non-hydrogen) atoms. The SMILES string of the molecule is O=C(Cc1ccccc1)NC1CCN(CCCN2C(=O)CSc3ccccc32)CC1. The Labute approximate surface area is 182 Å². The first-order valence-corrected chi connectivity index (χ1v) is 11.8. The van der Waals surface area contributed by atoms with Crippen LogP contribution in [0.5, 0.6) is 0 Å². The van der Waals surface area contributed by atoms with Gasteiger partial charge in [-0.3, -0.25) is 9.59 Å². The summed E-state index contributed by atoms with van der Waals surface area (Å²) in [5, 5.41) is 3.19. The number of carbonyl (C=O) groups excluding carboxylic acids is 2. The molecule has 2 aromatic carbocycles. The van der Waals surface area contributed by atoms with Crippen LogP contribution in [0.15, 0.2) is 59.5 Å². The van der Waals surface area contributed by atoms with Crippen molar-refractivity contribution in [1.82, 2.24) is 10.2 Å². The first-order valence-electron chi connectivity index (χ1n) is 10.8. The van der Waals surface area contributed by atoms with Crippen molar-refractivity contribution in [3.8, 4) is 0 Å². The Balaban J connectivity index is 1.18. The molecule has 2 amide bonds. The van der Waals surface area contributed by atoms with E-state index in [0.29, 0.717) is 12.2 Å². The number of amides is 2. The van der Waals surface area contributed by atoms with Crippen molar-refractivity contribution in [2.75, 3.05) is 36.8 Å². The van der Waals surface area contributed by atoms with E-state index in [4.69, 9.17) is 0 Å². The number of carbonyl (C=O) groups is 2. The highest BCUT2D eigenvalue weighted by atomic mass is 32.2. The van der Waals surface area contributed by atoms with Gasteiger partial charge in [-0.05, 0) is 43.5 Å². The normalized spacial score (nSPS) is 17.6. The summed E-state index contributed by atoms with van der Waals surface area (Å²) in [7, 11) is 0. The molecule has 0 bridgehead atoms. The number of hydrogen-bond donors (Lipinski definition) is 1. The van der Waals surface area contributed by atoms with Gasteiger partial charge in [-0.1, -0.05) is 42.5 Å². The third-order valence-electron chi connectivity index (χ3n) is 5.82. The Kier molecular flexibility index (Phi) is 7.07. The maximum Gasteiger partial charge on any atom is 0.237 e. The molecule has 0 unspecified atom stereocenters. The molecule has 0 aliphatic carbocycles. The van der Waals surface area contributed by atoms with Crippen LogP contribution in [0.25, 0.3) is 0 Å². The van der Waals surface area contributed by atoms with Gasteiger partial charge >= 0.3 is 0 Å². The molecule has 4 rings (SSSR count). The number of rotatable bonds is 7. The highest BCUT2D eigenvalue weighted by molar-refractivity contribution is 8.00. The zero-order valence-corrected chi connectivity index (χ0v) is 18.1. The molecule has 1 saturated heterocycles. The van der Waals surface area contributed by atoms with Crippen LogP contribution in [0.3, 0.4) is 0 Å². The van der Waals surface area contributed by atoms with E-state index >= 15 is 0 Å². The Hall–Kier alpha value is -2.31. The van der Waals surface area contributed by atoms with Crippen molar-refractivity contribution in [2.45, 2.75) is 36.6 Å². The van der Waals surface area contributed by atoms with Gasteiger partial charge in [-0.25, -0.2) is 0 Å². The molecule has 5 nitrogen and oxygen atoms in total. The van der Waals surface area contributed by atoms with Gasteiger partial charge in [0.1, 0.15) is 0 Å². The van der Waals surface area contributed by atoms with Crippen LogP contribution in [0.1, 0.15) is 24.8 Å². The van der Waals surface area contributed by atoms with E-state index in [-0.39, 0.29) is 17.9 Å². The van der Waals surface area contributed by atoms with Crippen LogP contribution in [-0.2, 0) is 16.0 Å². The van der Waals surface area contributed by atoms with Gasteiger partial charge in [0.15, 0.2) is 0 Å². The van der Waals surface area contributed by atoms with E-state index in [9.17, 15) is 9.59 Å². The number of fused-ring (bicyclic) bond motifs is 1. The molecule has 1 N–H and O–H groups in total. The lowest BCUT2D eigenvalue weighted by atomic mass is 10.0. The van der Waals surface area contributed by atoms with E-state index in [1.807, 2.05) is 53.4 Å². The summed E-state index contributed by atoms with van der Waals surface area (Å²) in [5.41, 5.74) is 2.11. The predicted molar refractivity (Wildman–Crippen MR) is 122 cm³/mol. The molecule has 0 spiro atoms. The van der Waals surface area contributed by atoms with E-state index in [1.165, 1.54) is 4.90 Å². The average molecular weight is 424 g/mol. The second-order valence-corrected chi connectivity index (χ2v) is 9.02. The molecular formula is C24H29N3O2S. The smallest absolute Gasteiger partial charge is 0.237 e. The third kappa shape index (κ3) is 5.43. The molecule has 1 fully saturated rings. The fourth-order valence-corrected chi connectivity index (χ4v) is 5.15. The Morgan fingerprint density at radius 1 is 1.00 bits per heavy atom. The van der Waals surface area contributed by atoms with Crippen molar-refractivity contribution in [2.24, 2.45) is 0 Å². The van der Waals surface area contributed by atoms with E-state index in [2.05, 4.69) is 16.3 Å². The average Bonchev–Trinajstić information content (AvgIpc) is 2.77. The summed E-state index contributed by atoms with van der Waals surface area (Å²) < 4.78 is 0. The number of para-hydroxylation sites is 1. The minimum atomic E-state index is 0.111. The summed E-state index contributed by atoms with van der Waals surface area (Å²) in [4.78, 5) is 30.2. The Morgan fingerprint density at radius 3 is 2.53 bits per heavy atom. The van der Waals surface area contributed by atoms with Gasteiger partial charge in [-0.15, -0.1) is 11.8 Å². The van der Waals surface area contributed by atoms with Crippen molar-refractivity contribution in [1.29, 1.82) is 0 Å². The van der Waals surface area contributed by atoms with Gasteiger partial charge in [-0.2, -0.15) is 0 Å². The van der Waals surface area contributed by atoms with Crippen molar-refractivity contribution in [3.05, 3.63) is 60.2 Å². The number of thioether (sulfide) groups is 1. The number of hydrogen-bond acceptors (Lipinski definition) is 4. The molecule has 0 saturated carbocycles. The Morgan fingerprint density at radius 2 is 1.73 bits per heavy atom. The summed E-state index contributed by atoms with van der Waals surface area (Å²) in [6.45, 7) is 3.75. The Bertz CT molecular complexity index is 866. The highest BCUT2D eigenvalue weighted by Crippen LogP contribution is 2.34. The monoisotopic (exact) mass is 423 g/mol. The molecule has 0 radical (unpaired) electrons. The fourth-order valence-electron chi connectivity index (χ4n) is 4.21. The van der Waals surface area contributed by atoms with E-state index < -0.39 is 0 Å². The number of benzene rings is 2. The lowest BCUT2D eigenvalue weighted by Crippen LogP contribution is -2.45. The van der Waals surface area contributed by atoms with Gasteiger partial charge in [0.25, 0.3) is 0 Å². The molecule has 2 heterocycles.